The van der Waals surface area contributed by atoms with Crippen molar-refractivity contribution in [2.24, 2.45) is 7.05 Å². The summed E-state index contributed by atoms with van der Waals surface area (Å²) in [5.74, 6) is 0.776. The van der Waals surface area contributed by atoms with Gasteiger partial charge in [-0.3, -0.25) is 9.59 Å². The van der Waals surface area contributed by atoms with E-state index >= 15 is 0 Å². The fourth-order valence-corrected chi connectivity index (χ4v) is 3.33. The SMILES string of the molecule is CCCCN(Cc1cccn1C)C(=O)CN(C(=O)c1cc(OC)cc(OC)c1)C(C)C. The molecule has 2 aromatic rings. The normalized spacial score (nSPS) is 10.8. The van der Waals surface area contributed by atoms with Gasteiger partial charge < -0.3 is 23.8 Å². The zero-order chi connectivity index (χ0) is 23.0. The second-order valence-corrected chi connectivity index (χ2v) is 7.91. The Bertz CT molecular complexity index is 853. The van der Waals surface area contributed by atoms with Crippen LogP contribution in [0.4, 0.5) is 0 Å². The number of methoxy groups -OCH3 is 2. The molecule has 0 radical (unpaired) electrons. The van der Waals surface area contributed by atoms with Crippen LogP contribution in [0.3, 0.4) is 0 Å². The first-order valence-corrected chi connectivity index (χ1v) is 10.7. The van der Waals surface area contributed by atoms with E-state index in [2.05, 4.69) is 6.92 Å². The van der Waals surface area contributed by atoms with Crippen molar-refractivity contribution >= 4 is 11.8 Å². The molecule has 0 N–H and O–H groups in total. The van der Waals surface area contributed by atoms with Crippen LogP contribution >= 0.6 is 0 Å². The third-order valence-corrected chi connectivity index (χ3v) is 5.33. The predicted octanol–water partition coefficient (Wildman–Crippen LogP) is 3.72. The number of carbonyl (C=O) groups excluding carboxylic acids is 2. The molecule has 0 spiro atoms. The minimum Gasteiger partial charge on any atom is -0.497 e. The molecule has 1 heterocycles. The lowest BCUT2D eigenvalue weighted by Gasteiger charge is -2.30. The minimum atomic E-state index is -0.227. The van der Waals surface area contributed by atoms with Crippen LogP contribution in [0.25, 0.3) is 0 Å². The van der Waals surface area contributed by atoms with Gasteiger partial charge in [0.05, 0.1) is 20.8 Å². The Labute approximate surface area is 185 Å². The summed E-state index contributed by atoms with van der Waals surface area (Å²) in [5.41, 5.74) is 1.49. The summed E-state index contributed by atoms with van der Waals surface area (Å²) in [7, 11) is 5.06. The minimum absolute atomic E-state index is 0.0180. The van der Waals surface area contributed by atoms with Gasteiger partial charge in [-0.15, -0.1) is 0 Å². The Hall–Kier alpha value is -2.96. The lowest BCUT2D eigenvalue weighted by molar-refractivity contribution is -0.133. The van der Waals surface area contributed by atoms with Crippen LogP contribution in [0.2, 0.25) is 0 Å². The number of benzene rings is 1. The van der Waals surface area contributed by atoms with Gasteiger partial charge >= 0.3 is 0 Å². The maximum Gasteiger partial charge on any atom is 0.254 e. The highest BCUT2D eigenvalue weighted by molar-refractivity contribution is 5.97. The molecule has 31 heavy (non-hydrogen) atoms. The van der Waals surface area contributed by atoms with E-state index in [-0.39, 0.29) is 24.4 Å². The number of hydrogen-bond acceptors (Lipinski definition) is 4. The van der Waals surface area contributed by atoms with Gasteiger partial charge in [0.2, 0.25) is 5.91 Å². The van der Waals surface area contributed by atoms with E-state index in [1.165, 1.54) is 0 Å². The van der Waals surface area contributed by atoms with Crippen molar-refractivity contribution in [2.45, 2.75) is 46.2 Å². The molecule has 7 heteroatoms. The lowest BCUT2D eigenvalue weighted by atomic mass is 10.1. The molecule has 0 aliphatic carbocycles. The quantitative estimate of drug-likeness (QED) is 0.546. The number of ether oxygens (including phenoxy) is 2. The zero-order valence-corrected chi connectivity index (χ0v) is 19.6. The number of aromatic nitrogens is 1. The van der Waals surface area contributed by atoms with Gasteiger partial charge in [-0.05, 0) is 44.5 Å². The fraction of sp³-hybridized carbons (Fsp3) is 0.500. The number of unbranched alkanes of at least 4 members (excludes halogenated alkanes) is 1. The first kappa shape index (κ1) is 24.3. The molecule has 0 saturated heterocycles. The molecule has 7 nitrogen and oxygen atoms in total. The van der Waals surface area contributed by atoms with Gasteiger partial charge in [0.15, 0.2) is 0 Å². The molecule has 0 aliphatic heterocycles. The molecule has 2 amide bonds. The van der Waals surface area contributed by atoms with Crippen molar-refractivity contribution in [2.75, 3.05) is 27.3 Å². The molecule has 1 aromatic heterocycles. The van der Waals surface area contributed by atoms with Crippen LogP contribution in [0.5, 0.6) is 11.5 Å². The second-order valence-electron chi connectivity index (χ2n) is 7.91. The maximum absolute atomic E-state index is 13.3. The molecule has 0 bridgehead atoms. The molecule has 2 rings (SSSR count). The van der Waals surface area contributed by atoms with Crippen molar-refractivity contribution in [1.29, 1.82) is 0 Å². The summed E-state index contributed by atoms with van der Waals surface area (Å²) in [5, 5.41) is 0. The second kappa shape index (κ2) is 11.4. The molecule has 0 atom stereocenters. The van der Waals surface area contributed by atoms with Crippen LogP contribution in [0.1, 0.15) is 49.7 Å². The Morgan fingerprint density at radius 1 is 1.10 bits per heavy atom. The summed E-state index contributed by atoms with van der Waals surface area (Å²) in [6, 6.07) is 8.90. The number of rotatable bonds is 11. The van der Waals surface area contributed by atoms with E-state index in [9.17, 15) is 9.59 Å². The Morgan fingerprint density at radius 3 is 2.23 bits per heavy atom. The van der Waals surface area contributed by atoms with E-state index in [0.717, 1.165) is 18.5 Å². The molecular weight excluding hydrogens is 394 g/mol. The van der Waals surface area contributed by atoms with Gasteiger partial charge in [0.1, 0.15) is 18.0 Å². The summed E-state index contributed by atoms with van der Waals surface area (Å²) in [4.78, 5) is 30.0. The van der Waals surface area contributed by atoms with E-state index < -0.39 is 0 Å². The first-order valence-electron chi connectivity index (χ1n) is 10.7. The molecule has 0 unspecified atom stereocenters. The highest BCUT2D eigenvalue weighted by atomic mass is 16.5. The molecule has 0 fully saturated rings. The molecule has 0 saturated carbocycles. The predicted molar refractivity (Wildman–Crippen MR) is 121 cm³/mol. The summed E-state index contributed by atoms with van der Waals surface area (Å²) in [6.45, 7) is 7.13. The van der Waals surface area contributed by atoms with E-state index in [1.807, 2.05) is 48.7 Å². The van der Waals surface area contributed by atoms with Crippen molar-refractivity contribution in [1.82, 2.24) is 14.4 Å². The van der Waals surface area contributed by atoms with Crippen molar-refractivity contribution < 1.29 is 19.1 Å². The smallest absolute Gasteiger partial charge is 0.254 e. The average molecular weight is 430 g/mol. The zero-order valence-electron chi connectivity index (χ0n) is 19.6. The fourth-order valence-electron chi connectivity index (χ4n) is 3.33. The lowest BCUT2D eigenvalue weighted by Crippen LogP contribution is -2.46. The Balaban J connectivity index is 2.24. The summed E-state index contributed by atoms with van der Waals surface area (Å²) < 4.78 is 12.6. The first-order chi connectivity index (χ1) is 14.8. The monoisotopic (exact) mass is 429 g/mol. The van der Waals surface area contributed by atoms with Crippen LogP contribution in [-0.2, 0) is 18.4 Å². The van der Waals surface area contributed by atoms with Gasteiger partial charge in [-0.25, -0.2) is 0 Å². The largest absolute Gasteiger partial charge is 0.497 e. The highest BCUT2D eigenvalue weighted by Gasteiger charge is 2.25. The molecule has 1 aromatic carbocycles. The standard InChI is InChI=1S/C24H35N3O4/c1-7-8-12-26(16-20-10-9-11-25(20)4)23(28)17-27(18(2)3)24(29)19-13-21(30-5)15-22(14-19)31-6/h9-11,13-15,18H,7-8,12,16-17H2,1-6H3. The topological polar surface area (TPSA) is 64.0 Å². The van der Waals surface area contributed by atoms with E-state index in [4.69, 9.17) is 9.47 Å². The number of aryl methyl sites for hydroxylation is 1. The maximum atomic E-state index is 13.3. The van der Waals surface area contributed by atoms with E-state index in [0.29, 0.717) is 30.2 Å². The molecule has 170 valence electrons. The van der Waals surface area contributed by atoms with Crippen LogP contribution in [0.15, 0.2) is 36.5 Å². The van der Waals surface area contributed by atoms with Gasteiger partial charge in [0, 0.05) is 43.2 Å². The van der Waals surface area contributed by atoms with Gasteiger partial charge in [-0.2, -0.15) is 0 Å². The van der Waals surface area contributed by atoms with Crippen molar-refractivity contribution in [3.05, 3.63) is 47.8 Å². The van der Waals surface area contributed by atoms with Crippen molar-refractivity contribution in [3.8, 4) is 11.5 Å². The van der Waals surface area contributed by atoms with Gasteiger partial charge in [-0.1, -0.05) is 13.3 Å². The highest BCUT2D eigenvalue weighted by Crippen LogP contribution is 2.24. The Kier molecular flexibility index (Phi) is 8.97. The summed E-state index contributed by atoms with van der Waals surface area (Å²) in [6.07, 6.45) is 3.88. The number of amides is 2. The molecular formula is C24H35N3O4. The van der Waals surface area contributed by atoms with Crippen LogP contribution in [-0.4, -0.2) is 59.5 Å². The Morgan fingerprint density at radius 2 is 1.74 bits per heavy atom. The van der Waals surface area contributed by atoms with Gasteiger partial charge in [0.25, 0.3) is 5.91 Å². The van der Waals surface area contributed by atoms with Crippen molar-refractivity contribution in [3.63, 3.8) is 0 Å². The number of carbonyl (C=O) groups is 2. The third kappa shape index (κ3) is 6.51. The summed E-state index contributed by atoms with van der Waals surface area (Å²) >= 11 is 0. The number of nitrogens with zero attached hydrogens (tertiary/aromatic N) is 3. The van der Waals surface area contributed by atoms with Crippen LogP contribution < -0.4 is 9.47 Å². The number of hydrogen-bond donors (Lipinski definition) is 0. The van der Waals surface area contributed by atoms with E-state index in [1.54, 1.807) is 37.3 Å². The van der Waals surface area contributed by atoms with Crippen LogP contribution in [0, 0.1) is 0 Å². The third-order valence-electron chi connectivity index (χ3n) is 5.33. The average Bonchev–Trinajstić information content (AvgIpc) is 3.17. The molecule has 0 aliphatic rings.